The van der Waals surface area contributed by atoms with E-state index in [0.29, 0.717) is 34.3 Å². The predicted octanol–water partition coefficient (Wildman–Crippen LogP) is 4.12. The van der Waals surface area contributed by atoms with Gasteiger partial charge in [-0.1, -0.05) is 43.1 Å². The zero-order chi connectivity index (χ0) is 20.7. The first-order chi connectivity index (χ1) is 13.3. The minimum Gasteiger partial charge on any atom is -0.497 e. The van der Waals surface area contributed by atoms with E-state index in [0.717, 1.165) is 5.56 Å². The van der Waals surface area contributed by atoms with Gasteiger partial charge in [-0.2, -0.15) is 0 Å². The second kappa shape index (κ2) is 10.3. The molecule has 2 aromatic rings. The smallest absolute Gasteiger partial charge is 0.251 e. The highest BCUT2D eigenvalue weighted by Gasteiger charge is 2.24. The topological polar surface area (TPSA) is 67.4 Å². The average molecular weight is 423 g/mol. The van der Waals surface area contributed by atoms with E-state index < -0.39 is 6.04 Å². The van der Waals surface area contributed by atoms with Crippen molar-refractivity contribution in [2.24, 2.45) is 5.92 Å². The van der Waals surface area contributed by atoms with E-state index in [-0.39, 0.29) is 17.7 Å². The zero-order valence-electron chi connectivity index (χ0n) is 16.1. The number of carbonyl (C=O) groups is 2. The number of methoxy groups -OCH3 is 1. The lowest BCUT2D eigenvalue weighted by molar-refractivity contribution is -0.123. The van der Waals surface area contributed by atoms with Crippen molar-refractivity contribution < 1.29 is 14.3 Å². The first-order valence-electron chi connectivity index (χ1n) is 8.98. The molecule has 0 unspecified atom stereocenters. The summed E-state index contributed by atoms with van der Waals surface area (Å²) in [6.07, 6.45) is 0.568. The second-order valence-corrected chi connectivity index (χ2v) is 7.54. The van der Waals surface area contributed by atoms with Gasteiger partial charge in [-0.15, -0.1) is 0 Å². The summed E-state index contributed by atoms with van der Waals surface area (Å²) in [5.74, 6) is 0.0519. The summed E-state index contributed by atoms with van der Waals surface area (Å²) < 4.78 is 5.09. The van der Waals surface area contributed by atoms with Crippen molar-refractivity contribution in [2.75, 3.05) is 13.7 Å². The number of benzene rings is 2. The Morgan fingerprint density at radius 2 is 1.75 bits per heavy atom. The quantitative estimate of drug-likeness (QED) is 0.672. The van der Waals surface area contributed by atoms with E-state index in [1.807, 2.05) is 19.9 Å². The number of hydrogen-bond acceptors (Lipinski definition) is 3. The van der Waals surface area contributed by atoms with Crippen LogP contribution in [0.15, 0.2) is 42.5 Å². The van der Waals surface area contributed by atoms with Gasteiger partial charge in [-0.3, -0.25) is 9.59 Å². The minimum atomic E-state index is -0.643. The number of halogens is 2. The van der Waals surface area contributed by atoms with Crippen LogP contribution in [-0.4, -0.2) is 31.5 Å². The largest absolute Gasteiger partial charge is 0.497 e. The van der Waals surface area contributed by atoms with E-state index in [1.165, 1.54) is 0 Å². The zero-order valence-corrected chi connectivity index (χ0v) is 17.6. The number of rotatable bonds is 8. The van der Waals surface area contributed by atoms with Crippen LogP contribution in [0.4, 0.5) is 0 Å². The van der Waals surface area contributed by atoms with E-state index in [4.69, 9.17) is 27.9 Å². The maximum atomic E-state index is 12.6. The van der Waals surface area contributed by atoms with Gasteiger partial charge >= 0.3 is 0 Å². The molecule has 2 N–H and O–H groups in total. The lowest BCUT2D eigenvalue weighted by Gasteiger charge is -2.22. The van der Waals surface area contributed by atoms with Gasteiger partial charge in [0, 0.05) is 22.2 Å². The van der Waals surface area contributed by atoms with Crippen LogP contribution in [0.1, 0.15) is 29.8 Å². The van der Waals surface area contributed by atoms with Crippen molar-refractivity contribution in [1.82, 2.24) is 10.6 Å². The van der Waals surface area contributed by atoms with Crippen LogP contribution in [0, 0.1) is 5.92 Å². The van der Waals surface area contributed by atoms with Crippen LogP contribution in [0.2, 0.25) is 10.0 Å². The maximum Gasteiger partial charge on any atom is 0.251 e. The molecule has 0 aliphatic rings. The molecule has 0 radical (unpaired) electrons. The highest BCUT2D eigenvalue weighted by atomic mass is 35.5. The second-order valence-electron chi connectivity index (χ2n) is 6.70. The molecule has 0 aliphatic carbocycles. The molecule has 0 aromatic heterocycles. The van der Waals surface area contributed by atoms with Gasteiger partial charge in [-0.05, 0) is 54.3 Å². The highest BCUT2D eigenvalue weighted by Crippen LogP contribution is 2.21. The predicted molar refractivity (Wildman–Crippen MR) is 112 cm³/mol. The summed E-state index contributed by atoms with van der Waals surface area (Å²) in [4.78, 5) is 25.1. The molecule has 0 aliphatic heterocycles. The molecular formula is C21H24Cl2N2O3. The Morgan fingerprint density at radius 1 is 1.07 bits per heavy atom. The molecular weight excluding hydrogens is 399 g/mol. The Morgan fingerprint density at radius 3 is 2.32 bits per heavy atom. The van der Waals surface area contributed by atoms with Crippen molar-refractivity contribution in [3.63, 3.8) is 0 Å². The molecule has 0 heterocycles. The number of nitrogens with one attached hydrogen (secondary N) is 2. The summed E-state index contributed by atoms with van der Waals surface area (Å²) in [5.41, 5.74) is 1.36. The molecule has 28 heavy (non-hydrogen) atoms. The minimum absolute atomic E-state index is 0.0682. The van der Waals surface area contributed by atoms with Crippen LogP contribution in [0.3, 0.4) is 0 Å². The van der Waals surface area contributed by atoms with Gasteiger partial charge in [-0.25, -0.2) is 0 Å². The van der Waals surface area contributed by atoms with E-state index in [2.05, 4.69) is 10.6 Å². The SMILES string of the molecule is COc1ccc(C(=O)N[C@@H](C(=O)NCCc2ccc(Cl)cc2Cl)C(C)C)cc1. The monoisotopic (exact) mass is 422 g/mol. The van der Waals surface area contributed by atoms with Gasteiger partial charge in [0.1, 0.15) is 11.8 Å². The fourth-order valence-electron chi connectivity index (χ4n) is 2.66. The molecule has 5 nitrogen and oxygen atoms in total. The number of amides is 2. The van der Waals surface area contributed by atoms with Crippen molar-refractivity contribution >= 4 is 35.0 Å². The highest BCUT2D eigenvalue weighted by molar-refractivity contribution is 6.35. The molecule has 0 fully saturated rings. The molecule has 2 amide bonds. The lowest BCUT2D eigenvalue weighted by Crippen LogP contribution is -2.50. The molecule has 1 atom stereocenters. The number of ether oxygens (including phenoxy) is 1. The molecule has 0 spiro atoms. The van der Waals surface area contributed by atoms with Crippen LogP contribution in [-0.2, 0) is 11.2 Å². The average Bonchev–Trinajstić information content (AvgIpc) is 2.67. The summed E-state index contributed by atoms with van der Waals surface area (Å²) >= 11 is 12.0. The van der Waals surface area contributed by atoms with E-state index in [1.54, 1.807) is 43.5 Å². The van der Waals surface area contributed by atoms with Crippen molar-refractivity contribution in [1.29, 1.82) is 0 Å². The van der Waals surface area contributed by atoms with Gasteiger partial charge < -0.3 is 15.4 Å². The van der Waals surface area contributed by atoms with Crippen molar-refractivity contribution in [3.8, 4) is 5.75 Å². The summed E-state index contributed by atoms with van der Waals surface area (Å²) in [6, 6.07) is 11.4. The number of hydrogen-bond donors (Lipinski definition) is 2. The van der Waals surface area contributed by atoms with Crippen molar-refractivity contribution in [3.05, 3.63) is 63.6 Å². The standard InChI is InChI=1S/C21H24Cl2N2O3/c1-13(2)19(25-20(26)15-5-8-17(28-3)9-6-15)21(27)24-11-10-14-4-7-16(22)12-18(14)23/h4-9,12-13,19H,10-11H2,1-3H3,(H,24,27)(H,25,26)/t19-/m1/s1. The summed E-state index contributed by atoms with van der Waals surface area (Å²) in [6.45, 7) is 4.17. The van der Waals surface area contributed by atoms with Crippen LogP contribution in [0.25, 0.3) is 0 Å². The first kappa shape index (κ1) is 22.1. The molecule has 150 valence electrons. The Kier molecular flexibility index (Phi) is 8.15. The van der Waals surface area contributed by atoms with Gasteiger partial charge in [0.15, 0.2) is 0 Å². The molecule has 2 rings (SSSR count). The normalized spacial score (nSPS) is 11.8. The fraction of sp³-hybridized carbons (Fsp3) is 0.333. The summed E-state index contributed by atoms with van der Waals surface area (Å²) in [5, 5.41) is 6.80. The Bertz CT molecular complexity index is 823. The third kappa shape index (κ3) is 6.14. The van der Waals surface area contributed by atoms with E-state index >= 15 is 0 Å². The fourth-order valence-corrected chi connectivity index (χ4v) is 3.16. The Hall–Kier alpha value is -2.24. The third-order valence-electron chi connectivity index (χ3n) is 4.30. The van der Waals surface area contributed by atoms with Gasteiger partial charge in [0.05, 0.1) is 7.11 Å². The summed E-state index contributed by atoms with van der Waals surface area (Å²) in [7, 11) is 1.56. The Labute approximate surface area is 175 Å². The lowest BCUT2D eigenvalue weighted by atomic mass is 10.0. The Balaban J connectivity index is 1.94. The van der Waals surface area contributed by atoms with Gasteiger partial charge in [0.2, 0.25) is 5.91 Å². The number of carbonyl (C=O) groups excluding carboxylic acids is 2. The van der Waals surface area contributed by atoms with Crippen LogP contribution < -0.4 is 15.4 Å². The molecule has 0 saturated heterocycles. The molecule has 7 heteroatoms. The first-order valence-corrected chi connectivity index (χ1v) is 9.74. The van der Waals surface area contributed by atoms with Crippen molar-refractivity contribution in [2.45, 2.75) is 26.3 Å². The van der Waals surface area contributed by atoms with E-state index in [9.17, 15) is 9.59 Å². The third-order valence-corrected chi connectivity index (χ3v) is 4.88. The molecule has 0 bridgehead atoms. The van der Waals surface area contributed by atoms with Gasteiger partial charge in [0.25, 0.3) is 5.91 Å². The molecule has 0 saturated carbocycles. The maximum absolute atomic E-state index is 12.6. The molecule has 2 aromatic carbocycles. The van der Waals surface area contributed by atoms with Crippen LogP contribution >= 0.6 is 23.2 Å². The van der Waals surface area contributed by atoms with Crippen LogP contribution in [0.5, 0.6) is 5.75 Å².